The minimum Gasteiger partial charge on any atom is -0.508 e. The second-order valence-electron chi connectivity index (χ2n) is 42.9. The lowest BCUT2D eigenvalue weighted by Gasteiger charge is -2.60. The Balaban J connectivity index is 0.000000210. The number of rotatable bonds is 31. The van der Waals surface area contributed by atoms with Crippen molar-refractivity contribution in [2.45, 2.75) is 368 Å². The molecule has 10 aliphatic rings. The molecule has 21 nitrogen and oxygen atoms in total. The Morgan fingerprint density at radius 2 is 0.828 bits per heavy atom. The summed E-state index contributed by atoms with van der Waals surface area (Å²) in [7, 11) is 1.57. The number of ether oxygens (including phenoxy) is 11. The molecule has 2 aliphatic heterocycles. The topological polar surface area (TPSA) is 279 Å². The lowest BCUT2D eigenvalue weighted by molar-refractivity contribution is -0.232. The van der Waals surface area contributed by atoms with Crippen molar-refractivity contribution < 1.29 is 101 Å². The number of methoxy groups -OCH3 is 1. The van der Waals surface area contributed by atoms with Crippen molar-refractivity contribution in [1.29, 1.82) is 0 Å². The van der Waals surface area contributed by atoms with Gasteiger partial charge in [-0.3, -0.25) is 28.8 Å². The molecule has 716 valence electrons. The summed E-state index contributed by atoms with van der Waals surface area (Å²) >= 11 is 0. The van der Waals surface area contributed by atoms with Gasteiger partial charge >= 0.3 is 47.8 Å². The summed E-state index contributed by atoms with van der Waals surface area (Å²) in [6, 6.07) is 30.1. The van der Waals surface area contributed by atoms with E-state index in [-0.39, 0.29) is 102 Å². The molecule has 21 heteroatoms. The number of esters is 8. The molecule has 8 bridgehead atoms. The predicted molar refractivity (Wildman–Crippen MR) is 498 cm³/mol. The number of aromatic hydroxyl groups is 2. The summed E-state index contributed by atoms with van der Waals surface area (Å²) in [6.45, 7) is 54.7. The molecule has 2 heterocycles. The van der Waals surface area contributed by atoms with Crippen LogP contribution in [0, 0.1) is 85.8 Å². The number of benzene rings is 4. The molecular formula is C107H162O21. The van der Waals surface area contributed by atoms with E-state index in [1.165, 1.54) is 22.3 Å². The van der Waals surface area contributed by atoms with Crippen LogP contribution in [-0.4, -0.2) is 128 Å². The maximum absolute atomic E-state index is 13.7. The Hall–Kier alpha value is -7.88. The van der Waals surface area contributed by atoms with Gasteiger partial charge < -0.3 is 62.3 Å². The SMILES string of the molecule is CCC(C)(C)C(=O)OC12CC3CC(C1)CC(C(=O)OC(CC(C)(C)C)OCC(C)C)(C3)C2.CCC(C)(C)C(=O)OC1C2CC3C(=O)OC1C3C2.CCC(C)(C)C(=O)OC1C2CC3C(=O)OC1C3C2.CCC(C)c1ccc(C(=O)OC(CC(C)(C)C)OC)cc1.CCC(C)c1ccc(O)cc1.CCC(C)c1ccc(O)cc1.CCOCOC(=O)c1ccc(C(C)CC)cc1. The average molecular weight is 1780 g/mol. The van der Waals surface area contributed by atoms with Crippen LogP contribution in [0.25, 0.3) is 0 Å². The molecule has 18 unspecified atom stereocenters. The summed E-state index contributed by atoms with van der Waals surface area (Å²) in [4.78, 5) is 97.8. The van der Waals surface area contributed by atoms with Gasteiger partial charge in [-0.2, -0.15) is 0 Å². The van der Waals surface area contributed by atoms with Crippen molar-refractivity contribution in [2.24, 2.45) is 85.8 Å². The zero-order valence-corrected chi connectivity index (χ0v) is 82.9. The van der Waals surface area contributed by atoms with E-state index in [0.29, 0.717) is 120 Å². The molecule has 4 aromatic carbocycles. The monoisotopic (exact) mass is 1780 g/mol. The van der Waals surface area contributed by atoms with Gasteiger partial charge in [0.15, 0.2) is 6.79 Å². The molecule has 8 saturated carbocycles. The van der Waals surface area contributed by atoms with Crippen LogP contribution in [0.1, 0.15) is 369 Å². The van der Waals surface area contributed by atoms with Gasteiger partial charge in [0.2, 0.25) is 12.6 Å². The van der Waals surface area contributed by atoms with Gasteiger partial charge in [0.25, 0.3) is 0 Å². The zero-order valence-electron chi connectivity index (χ0n) is 82.9. The standard InChI is InChI=1S/C27H46O5.C18H28O3.2C14H20O4.C14H20O3.2C10H14O/c1-9-25(7,8)22(28)32-27-13-19-10-20(14-27)12-26(11-19,17-27)23(29)31-21(15-24(4,5)6)30-16-18(2)3;1-7-13(2)14-8-10-15(11-9-14)17(19)21-16(20-6)12-18(3,4)5;2*1-4-14(2,3)13(16)18-10-7-5-8-9(6-7)12(15)17-11(8)10;1-4-11(3)12-6-8-13(9-7-12)14(15)17-10-16-5-2;2*1-3-8(2)9-4-6-10(11)7-5-9/h18-21H,9-17H2,1-8H3;8-11,13,16H,7,12H2,1-6H3;2*7-11H,4-6H2,1-3H3;6-9,11H,4-5,10H2,1-3H3;2*4-8,11H,3H2,1-2H3. The van der Waals surface area contributed by atoms with Crippen molar-refractivity contribution in [3.05, 3.63) is 130 Å². The molecule has 8 aliphatic carbocycles. The Morgan fingerprint density at radius 1 is 0.461 bits per heavy atom. The van der Waals surface area contributed by atoms with E-state index in [1.807, 2.05) is 130 Å². The summed E-state index contributed by atoms with van der Waals surface area (Å²) in [6.07, 6.45) is 15.1. The van der Waals surface area contributed by atoms with E-state index in [4.69, 9.17) is 62.3 Å². The van der Waals surface area contributed by atoms with Crippen LogP contribution in [0.15, 0.2) is 97.1 Å². The number of hydrogen-bond acceptors (Lipinski definition) is 21. The first-order chi connectivity index (χ1) is 60.0. The maximum Gasteiger partial charge on any atom is 0.340 e. The van der Waals surface area contributed by atoms with Gasteiger partial charge in [0.05, 0.1) is 51.2 Å². The lowest BCUT2D eigenvalue weighted by Crippen LogP contribution is -2.60. The highest BCUT2D eigenvalue weighted by molar-refractivity contribution is 5.90. The quantitative estimate of drug-likeness (QED) is 0.0205. The summed E-state index contributed by atoms with van der Waals surface area (Å²) in [5, 5.41) is 18.0. The maximum atomic E-state index is 13.7. The number of carbonyl (C=O) groups is 8. The third kappa shape index (κ3) is 29.6. The van der Waals surface area contributed by atoms with Crippen molar-refractivity contribution >= 4 is 47.8 Å². The highest BCUT2D eigenvalue weighted by Crippen LogP contribution is 2.64. The molecule has 0 radical (unpaired) electrons. The second-order valence-corrected chi connectivity index (χ2v) is 42.9. The summed E-state index contributed by atoms with van der Waals surface area (Å²) < 4.78 is 61.1. The van der Waals surface area contributed by atoms with Crippen LogP contribution in [-0.2, 0) is 80.9 Å². The van der Waals surface area contributed by atoms with Crippen molar-refractivity contribution in [3.63, 3.8) is 0 Å². The van der Waals surface area contributed by atoms with Crippen LogP contribution < -0.4 is 0 Å². The molecular weight excluding hydrogens is 1620 g/mol. The van der Waals surface area contributed by atoms with Crippen molar-refractivity contribution in [2.75, 3.05) is 27.1 Å². The lowest BCUT2D eigenvalue weighted by atomic mass is 9.48. The Labute approximate surface area is 767 Å². The van der Waals surface area contributed by atoms with Crippen molar-refractivity contribution in [3.8, 4) is 11.5 Å². The molecule has 4 aromatic rings. The molecule has 10 fully saturated rings. The fourth-order valence-electron chi connectivity index (χ4n) is 18.7. The molecule has 128 heavy (non-hydrogen) atoms. The first-order valence-corrected chi connectivity index (χ1v) is 48.1. The van der Waals surface area contributed by atoms with Gasteiger partial charge in [-0.05, 0) is 274 Å². The van der Waals surface area contributed by atoms with Crippen LogP contribution in [0.4, 0.5) is 0 Å². The van der Waals surface area contributed by atoms with Gasteiger partial charge in [-0.25, -0.2) is 9.59 Å². The van der Waals surface area contributed by atoms with E-state index in [9.17, 15) is 38.4 Å². The largest absolute Gasteiger partial charge is 0.508 e. The molecule has 18 atom stereocenters. The fraction of sp³-hybridized carbons (Fsp3) is 0.701. The fourth-order valence-corrected chi connectivity index (χ4v) is 18.7. The average Bonchev–Trinajstić information content (AvgIpc) is 0.982. The Morgan fingerprint density at radius 3 is 1.18 bits per heavy atom. The Kier molecular flexibility index (Phi) is 39.3. The van der Waals surface area contributed by atoms with Crippen LogP contribution in [0.5, 0.6) is 11.5 Å². The number of phenols is 2. The van der Waals surface area contributed by atoms with E-state index < -0.39 is 39.8 Å². The Bertz CT molecular complexity index is 4040. The predicted octanol–water partition coefficient (Wildman–Crippen LogP) is 24.0. The molecule has 2 N–H and O–H groups in total. The third-order valence-corrected chi connectivity index (χ3v) is 28.6. The molecule has 2 saturated heterocycles. The third-order valence-electron chi connectivity index (χ3n) is 28.6. The van der Waals surface area contributed by atoms with Gasteiger partial charge in [-0.15, -0.1) is 0 Å². The van der Waals surface area contributed by atoms with Gasteiger partial charge in [0, 0.05) is 56.7 Å². The zero-order chi connectivity index (χ0) is 95.4. The van der Waals surface area contributed by atoms with Gasteiger partial charge in [0.1, 0.15) is 41.5 Å². The number of phenolic OH excluding ortho intramolecular Hbond substituents is 2. The van der Waals surface area contributed by atoms with Gasteiger partial charge in [-0.1, -0.05) is 180 Å². The van der Waals surface area contributed by atoms with E-state index in [1.54, 1.807) is 43.5 Å². The number of carbonyl (C=O) groups excluding carboxylic acids is 8. The van der Waals surface area contributed by atoms with E-state index in [0.717, 1.165) is 103 Å². The van der Waals surface area contributed by atoms with E-state index in [2.05, 4.69) is 111 Å². The summed E-state index contributed by atoms with van der Waals surface area (Å²) in [5.41, 5.74) is 3.79. The summed E-state index contributed by atoms with van der Waals surface area (Å²) in [5.74, 6) is 4.10. The minimum atomic E-state index is -0.544. The van der Waals surface area contributed by atoms with E-state index >= 15 is 0 Å². The smallest absolute Gasteiger partial charge is 0.340 e. The highest BCUT2D eigenvalue weighted by atomic mass is 16.7. The molecule has 14 rings (SSSR count). The highest BCUT2D eigenvalue weighted by Gasteiger charge is 2.66. The molecule has 0 spiro atoms. The molecule has 0 aromatic heterocycles. The van der Waals surface area contributed by atoms with Crippen molar-refractivity contribution in [1.82, 2.24) is 0 Å². The number of fused-ring (bicyclic) bond motifs is 2. The second kappa shape index (κ2) is 47.0. The first-order valence-electron chi connectivity index (χ1n) is 48.1. The normalized spacial score (nSPS) is 26.0. The number of hydrogen-bond donors (Lipinski definition) is 2. The van der Waals surface area contributed by atoms with Crippen LogP contribution >= 0.6 is 0 Å². The minimum absolute atomic E-state index is 0.00805. The molecule has 0 amide bonds. The first kappa shape index (κ1) is 107. The van der Waals surface area contributed by atoms with Crippen LogP contribution in [0.3, 0.4) is 0 Å². The van der Waals surface area contributed by atoms with Crippen LogP contribution in [0.2, 0.25) is 0 Å².